The number of esters is 1. The molecule has 0 saturated carbocycles. The molecular weight excluding hydrogens is 452 g/mol. The first-order chi connectivity index (χ1) is 16.7. The number of H-pyrrole nitrogens is 1. The largest absolute Gasteiger partial charge is 0.482 e. The maximum absolute atomic E-state index is 12.8. The minimum Gasteiger partial charge on any atom is -0.482 e. The van der Waals surface area contributed by atoms with Gasteiger partial charge in [-0.25, -0.2) is 9.59 Å². The molecule has 3 aromatic rings. The van der Waals surface area contributed by atoms with Gasteiger partial charge in [0.05, 0.1) is 6.54 Å². The third kappa shape index (κ3) is 6.17. The highest BCUT2D eigenvalue weighted by Gasteiger charge is 2.24. The van der Waals surface area contributed by atoms with Gasteiger partial charge < -0.3 is 20.1 Å². The summed E-state index contributed by atoms with van der Waals surface area (Å²) in [4.78, 5) is 53.2. The number of hydrogen-bond donors (Lipinski definition) is 2. The van der Waals surface area contributed by atoms with Gasteiger partial charge in [0.25, 0.3) is 11.5 Å². The lowest BCUT2D eigenvalue weighted by molar-refractivity contribution is -0.149. The molecule has 0 bridgehead atoms. The Kier molecular flexibility index (Phi) is 8.08. The van der Waals surface area contributed by atoms with E-state index in [0.29, 0.717) is 5.75 Å². The van der Waals surface area contributed by atoms with E-state index in [0.717, 1.165) is 21.6 Å². The normalized spacial score (nSPS) is 10.6. The lowest BCUT2D eigenvalue weighted by Crippen LogP contribution is -2.42. The summed E-state index contributed by atoms with van der Waals surface area (Å²) in [6.45, 7) is 4.54. The Labute approximate surface area is 201 Å². The van der Waals surface area contributed by atoms with Crippen LogP contribution in [0.3, 0.4) is 0 Å². The van der Waals surface area contributed by atoms with Gasteiger partial charge in [0.2, 0.25) is 0 Å². The van der Waals surface area contributed by atoms with Gasteiger partial charge >= 0.3 is 11.7 Å². The van der Waals surface area contributed by atoms with Crippen LogP contribution in [0.4, 0.5) is 11.5 Å². The summed E-state index contributed by atoms with van der Waals surface area (Å²) in [7, 11) is 0. The average Bonchev–Trinajstić information content (AvgIpc) is 2.84. The molecule has 10 nitrogen and oxygen atoms in total. The van der Waals surface area contributed by atoms with Gasteiger partial charge in [-0.05, 0) is 43.5 Å². The molecule has 0 atom stereocenters. The van der Waals surface area contributed by atoms with Crippen molar-refractivity contribution in [3.8, 4) is 5.75 Å². The van der Waals surface area contributed by atoms with Gasteiger partial charge in [-0.2, -0.15) is 0 Å². The monoisotopic (exact) mass is 480 g/mol. The molecule has 1 aromatic heterocycles. The standard InChI is InChI=1S/C25H28N4O6/c1-4-28(20(30)14-35-21(31)15-34-19-12-16(2)10-11-17(19)3)22-23(26)29(25(33)27-24(22)32)13-18-8-6-5-7-9-18/h5-12H,4,13-15,26H2,1-3H3,(H,27,32,33). The zero-order valence-electron chi connectivity index (χ0n) is 19.9. The second-order valence-corrected chi connectivity index (χ2v) is 7.92. The van der Waals surface area contributed by atoms with E-state index in [1.54, 1.807) is 25.1 Å². The van der Waals surface area contributed by atoms with Crippen molar-refractivity contribution < 1.29 is 19.1 Å². The lowest BCUT2D eigenvalue weighted by Gasteiger charge is -2.23. The molecule has 0 saturated heterocycles. The molecule has 1 amide bonds. The molecule has 0 aliphatic heterocycles. The Morgan fingerprint density at radius 3 is 2.46 bits per heavy atom. The first kappa shape index (κ1) is 25.3. The number of likely N-dealkylation sites (N-methyl/N-ethyl adjacent to an activating group) is 1. The quantitative estimate of drug-likeness (QED) is 0.445. The number of hydrogen-bond acceptors (Lipinski definition) is 7. The third-order valence-corrected chi connectivity index (χ3v) is 5.33. The number of nitrogen functional groups attached to an aromatic ring is 1. The molecule has 3 rings (SSSR count). The fraction of sp³-hybridized carbons (Fsp3) is 0.280. The maximum atomic E-state index is 12.8. The predicted octanol–water partition coefficient (Wildman–Crippen LogP) is 1.76. The number of aromatic nitrogens is 2. The van der Waals surface area contributed by atoms with Crippen LogP contribution in [0.2, 0.25) is 0 Å². The highest BCUT2D eigenvalue weighted by molar-refractivity contribution is 5.97. The van der Waals surface area contributed by atoms with Crippen molar-refractivity contribution in [3.63, 3.8) is 0 Å². The van der Waals surface area contributed by atoms with Gasteiger partial charge in [-0.1, -0.05) is 42.5 Å². The van der Waals surface area contributed by atoms with Crippen molar-refractivity contribution in [2.45, 2.75) is 27.3 Å². The molecule has 0 aliphatic carbocycles. The Morgan fingerprint density at radius 2 is 1.77 bits per heavy atom. The van der Waals surface area contributed by atoms with Crippen LogP contribution in [0.5, 0.6) is 5.75 Å². The van der Waals surface area contributed by atoms with Crippen molar-refractivity contribution in [2.75, 3.05) is 30.4 Å². The van der Waals surface area contributed by atoms with Crippen molar-refractivity contribution in [2.24, 2.45) is 0 Å². The second kappa shape index (κ2) is 11.2. The number of aryl methyl sites for hydroxylation is 2. The molecule has 35 heavy (non-hydrogen) atoms. The maximum Gasteiger partial charge on any atom is 0.344 e. The van der Waals surface area contributed by atoms with Crippen LogP contribution in [-0.4, -0.2) is 41.2 Å². The number of benzene rings is 2. The van der Waals surface area contributed by atoms with Crippen molar-refractivity contribution in [1.29, 1.82) is 0 Å². The summed E-state index contributed by atoms with van der Waals surface area (Å²) in [5, 5.41) is 0. The molecule has 2 aromatic carbocycles. The van der Waals surface area contributed by atoms with E-state index in [9.17, 15) is 19.2 Å². The van der Waals surface area contributed by atoms with Crippen LogP contribution in [0.25, 0.3) is 0 Å². The summed E-state index contributed by atoms with van der Waals surface area (Å²) in [5.41, 5.74) is 7.09. The van der Waals surface area contributed by atoms with E-state index >= 15 is 0 Å². The van der Waals surface area contributed by atoms with Crippen molar-refractivity contribution >= 4 is 23.4 Å². The van der Waals surface area contributed by atoms with Gasteiger partial charge in [0.15, 0.2) is 18.9 Å². The minimum absolute atomic E-state index is 0.0617. The lowest BCUT2D eigenvalue weighted by atomic mass is 10.1. The smallest absolute Gasteiger partial charge is 0.344 e. The number of aromatic amines is 1. The van der Waals surface area contributed by atoms with Gasteiger partial charge in [-0.3, -0.25) is 19.1 Å². The SMILES string of the molecule is CCN(C(=O)COC(=O)COc1cc(C)ccc1C)c1c(N)n(Cc2ccccc2)c(=O)[nH]c1=O. The Bertz CT molecular complexity index is 1330. The zero-order chi connectivity index (χ0) is 25.5. The third-order valence-electron chi connectivity index (χ3n) is 5.33. The summed E-state index contributed by atoms with van der Waals surface area (Å²) in [5.74, 6) is -1.04. The van der Waals surface area contributed by atoms with Crippen LogP contribution in [0.1, 0.15) is 23.6 Å². The number of anilines is 2. The zero-order valence-corrected chi connectivity index (χ0v) is 19.9. The number of nitrogens with zero attached hydrogens (tertiary/aromatic N) is 2. The highest BCUT2D eigenvalue weighted by Crippen LogP contribution is 2.20. The van der Waals surface area contributed by atoms with Crippen LogP contribution in [0, 0.1) is 13.8 Å². The van der Waals surface area contributed by atoms with E-state index in [4.69, 9.17) is 15.2 Å². The van der Waals surface area contributed by atoms with Crippen molar-refractivity contribution in [1.82, 2.24) is 9.55 Å². The summed E-state index contributed by atoms with van der Waals surface area (Å²) >= 11 is 0. The topological polar surface area (TPSA) is 137 Å². The summed E-state index contributed by atoms with van der Waals surface area (Å²) < 4.78 is 11.7. The molecule has 0 spiro atoms. The predicted molar refractivity (Wildman–Crippen MR) is 132 cm³/mol. The Hall–Kier alpha value is -4.34. The first-order valence-corrected chi connectivity index (χ1v) is 11.0. The van der Waals surface area contributed by atoms with E-state index < -0.39 is 29.7 Å². The van der Waals surface area contributed by atoms with Crippen LogP contribution < -0.4 is 26.6 Å². The molecule has 0 fully saturated rings. The number of amides is 1. The van der Waals surface area contributed by atoms with E-state index in [2.05, 4.69) is 4.98 Å². The average molecular weight is 481 g/mol. The molecule has 3 N–H and O–H groups in total. The molecule has 1 heterocycles. The first-order valence-electron chi connectivity index (χ1n) is 11.0. The molecule has 10 heteroatoms. The van der Waals surface area contributed by atoms with Crippen molar-refractivity contribution in [3.05, 3.63) is 86.1 Å². The van der Waals surface area contributed by atoms with Gasteiger partial charge in [-0.15, -0.1) is 0 Å². The van der Waals surface area contributed by atoms with E-state index in [1.165, 1.54) is 4.57 Å². The highest BCUT2D eigenvalue weighted by atomic mass is 16.6. The number of nitrogens with one attached hydrogen (secondary N) is 1. The fourth-order valence-electron chi connectivity index (χ4n) is 3.48. The number of nitrogens with two attached hydrogens (primary N) is 1. The Morgan fingerprint density at radius 1 is 1.06 bits per heavy atom. The number of carbonyl (C=O) groups is 2. The number of carbonyl (C=O) groups excluding carboxylic acids is 2. The molecule has 0 unspecified atom stereocenters. The number of rotatable bonds is 9. The van der Waals surface area contributed by atoms with Gasteiger partial charge in [0.1, 0.15) is 11.6 Å². The van der Waals surface area contributed by atoms with Crippen LogP contribution in [-0.2, 0) is 20.9 Å². The molecular formula is C25H28N4O6. The summed E-state index contributed by atoms with van der Waals surface area (Å²) in [6.07, 6.45) is 0. The second-order valence-electron chi connectivity index (χ2n) is 7.92. The molecule has 0 radical (unpaired) electrons. The van der Waals surface area contributed by atoms with Crippen LogP contribution in [0.15, 0.2) is 58.1 Å². The molecule has 184 valence electrons. The fourth-order valence-corrected chi connectivity index (χ4v) is 3.48. The van der Waals surface area contributed by atoms with Gasteiger partial charge in [0, 0.05) is 6.54 Å². The van der Waals surface area contributed by atoms with Crippen LogP contribution >= 0.6 is 0 Å². The Balaban J connectivity index is 1.71. The van der Waals surface area contributed by atoms with E-state index in [1.807, 2.05) is 44.2 Å². The summed E-state index contributed by atoms with van der Waals surface area (Å²) in [6, 6.07) is 14.7. The minimum atomic E-state index is -0.809. The van der Waals surface area contributed by atoms with E-state index in [-0.39, 0.29) is 31.2 Å². The number of ether oxygens (including phenoxy) is 2. The molecule has 0 aliphatic rings.